The Hall–Kier alpha value is -2.96. The first-order valence-corrected chi connectivity index (χ1v) is 8.96. The Morgan fingerprint density at radius 1 is 1.14 bits per heavy atom. The highest BCUT2D eigenvalue weighted by Gasteiger charge is 2.46. The van der Waals surface area contributed by atoms with Gasteiger partial charge in [0.15, 0.2) is 0 Å². The molecule has 0 atom stereocenters. The van der Waals surface area contributed by atoms with Crippen molar-refractivity contribution < 1.29 is 27.8 Å². The van der Waals surface area contributed by atoms with Gasteiger partial charge in [0.2, 0.25) is 0 Å². The number of ether oxygens (including phenoxy) is 2. The van der Waals surface area contributed by atoms with Crippen molar-refractivity contribution in [2.45, 2.75) is 38.8 Å². The number of rotatable bonds is 6. The van der Waals surface area contributed by atoms with E-state index >= 15 is 0 Å². The molecule has 28 heavy (non-hydrogen) atoms. The van der Waals surface area contributed by atoms with Crippen molar-refractivity contribution in [1.82, 2.24) is 5.32 Å². The van der Waals surface area contributed by atoms with E-state index in [1.165, 1.54) is 18.2 Å². The number of hydrogen-bond donors (Lipinski definition) is 1. The number of fused-ring (bicyclic) bond motifs is 1. The van der Waals surface area contributed by atoms with Crippen molar-refractivity contribution in [3.05, 3.63) is 64.7 Å². The largest absolute Gasteiger partial charge is 0.464 e. The van der Waals surface area contributed by atoms with Gasteiger partial charge in [-0.2, -0.15) is 8.78 Å². The third-order valence-electron chi connectivity index (χ3n) is 4.79. The molecular formula is C21H21F2NO4. The Morgan fingerprint density at radius 3 is 2.32 bits per heavy atom. The van der Waals surface area contributed by atoms with Gasteiger partial charge in [0.1, 0.15) is 11.3 Å². The van der Waals surface area contributed by atoms with Crippen LogP contribution in [0.3, 0.4) is 0 Å². The third kappa shape index (κ3) is 3.98. The SMILES string of the molecule is CCOC(=O)C1(NC(=O)c2ccc(OC(F)F)cc2C)Cc2ccccc2C1. The molecule has 0 bridgehead atoms. The molecule has 3 rings (SSSR count). The summed E-state index contributed by atoms with van der Waals surface area (Å²) in [6, 6.07) is 11.7. The first kappa shape index (κ1) is 19.8. The molecule has 1 aliphatic rings. The molecule has 0 saturated carbocycles. The fourth-order valence-corrected chi connectivity index (χ4v) is 3.52. The predicted octanol–water partition coefficient (Wildman–Crippen LogP) is 3.43. The van der Waals surface area contributed by atoms with Gasteiger partial charge in [-0.25, -0.2) is 4.79 Å². The van der Waals surface area contributed by atoms with E-state index < -0.39 is 24.0 Å². The summed E-state index contributed by atoms with van der Waals surface area (Å²) >= 11 is 0. The van der Waals surface area contributed by atoms with E-state index in [1.807, 2.05) is 24.3 Å². The smallest absolute Gasteiger partial charge is 0.387 e. The summed E-state index contributed by atoms with van der Waals surface area (Å²) in [6.07, 6.45) is 0.665. The standard InChI is InChI=1S/C21H21F2NO4/c1-3-27-19(26)21(11-14-6-4-5-7-15(14)12-21)24-18(25)17-9-8-16(10-13(17)2)28-20(22)23/h4-10,20H,3,11-12H2,1-2H3,(H,24,25). The van der Waals surface area contributed by atoms with E-state index in [2.05, 4.69) is 10.1 Å². The molecule has 0 aliphatic heterocycles. The van der Waals surface area contributed by atoms with Crippen LogP contribution in [-0.2, 0) is 22.4 Å². The lowest BCUT2D eigenvalue weighted by Gasteiger charge is -2.28. The first-order valence-electron chi connectivity index (χ1n) is 8.96. The van der Waals surface area contributed by atoms with Crippen LogP contribution in [0.25, 0.3) is 0 Å². The molecule has 0 saturated heterocycles. The monoisotopic (exact) mass is 389 g/mol. The number of carbonyl (C=O) groups excluding carboxylic acids is 2. The summed E-state index contributed by atoms with van der Waals surface area (Å²) in [6.45, 7) is 0.587. The zero-order chi connectivity index (χ0) is 20.3. The minimum Gasteiger partial charge on any atom is -0.464 e. The molecule has 5 nitrogen and oxygen atoms in total. The fraction of sp³-hybridized carbons (Fsp3) is 0.333. The number of benzene rings is 2. The number of esters is 1. The Morgan fingerprint density at radius 2 is 1.79 bits per heavy atom. The van der Waals surface area contributed by atoms with E-state index in [0.717, 1.165) is 11.1 Å². The number of halogens is 2. The van der Waals surface area contributed by atoms with Crippen molar-refractivity contribution in [2.24, 2.45) is 0 Å². The Bertz CT molecular complexity index is 873. The van der Waals surface area contributed by atoms with Gasteiger partial charge in [-0.3, -0.25) is 4.79 Å². The zero-order valence-electron chi connectivity index (χ0n) is 15.6. The van der Waals surface area contributed by atoms with Crippen molar-refractivity contribution in [1.29, 1.82) is 0 Å². The molecule has 7 heteroatoms. The average Bonchev–Trinajstić information content (AvgIpc) is 3.00. The van der Waals surface area contributed by atoms with Gasteiger partial charge < -0.3 is 14.8 Å². The topological polar surface area (TPSA) is 64.6 Å². The van der Waals surface area contributed by atoms with Crippen LogP contribution in [0.1, 0.15) is 34.0 Å². The Labute approximate surface area is 161 Å². The molecule has 1 amide bonds. The Kier molecular flexibility index (Phi) is 5.63. The van der Waals surface area contributed by atoms with Crippen LogP contribution >= 0.6 is 0 Å². The Balaban J connectivity index is 1.86. The van der Waals surface area contributed by atoms with Gasteiger partial charge >= 0.3 is 12.6 Å². The van der Waals surface area contributed by atoms with Crippen molar-refractivity contribution in [2.75, 3.05) is 6.61 Å². The van der Waals surface area contributed by atoms with Crippen LogP contribution in [0.5, 0.6) is 5.75 Å². The summed E-state index contributed by atoms with van der Waals surface area (Å²) < 4.78 is 34.3. The molecule has 2 aromatic carbocycles. The van der Waals surface area contributed by atoms with Gasteiger partial charge in [-0.15, -0.1) is 0 Å². The number of amides is 1. The van der Waals surface area contributed by atoms with E-state index in [0.29, 0.717) is 18.4 Å². The zero-order valence-corrected chi connectivity index (χ0v) is 15.6. The van der Waals surface area contributed by atoms with Gasteiger partial charge in [0.25, 0.3) is 5.91 Å². The number of aryl methyl sites for hydroxylation is 1. The maximum Gasteiger partial charge on any atom is 0.387 e. The van der Waals surface area contributed by atoms with Gasteiger partial charge in [-0.1, -0.05) is 24.3 Å². The summed E-state index contributed by atoms with van der Waals surface area (Å²) in [4.78, 5) is 25.6. The maximum absolute atomic E-state index is 12.9. The lowest BCUT2D eigenvalue weighted by Crippen LogP contribution is -2.56. The van der Waals surface area contributed by atoms with Gasteiger partial charge in [0, 0.05) is 18.4 Å². The molecule has 1 N–H and O–H groups in total. The minimum atomic E-state index is -2.94. The second-order valence-electron chi connectivity index (χ2n) is 6.73. The molecular weight excluding hydrogens is 368 g/mol. The van der Waals surface area contributed by atoms with Crippen molar-refractivity contribution in [3.8, 4) is 5.75 Å². The number of alkyl halides is 2. The quantitative estimate of drug-likeness (QED) is 0.769. The second kappa shape index (κ2) is 7.96. The number of carbonyl (C=O) groups is 2. The molecule has 2 aromatic rings. The first-order chi connectivity index (χ1) is 13.3. The fourth-order valence-electron chi connectivity index (χ4n) is 3.52. The van der Waals surface area contributed by atoms with Crippen LogP contribution in [0.4, 0.5) is 8.78 Å². The molecule has 0 spiro atoms. The average molecular weight is 389 g/mol. The lowest BCUT2D eigenvalue weighted by molar-refractivity contribution is -0.150. The molecule has 0 radical (unpaired) electrons. The van der Waals surface area contributed by atoms with Crippen LogP contribution in [0.15, 0.2) is 42.5 Å². The highest BCUT2D eigenvalue weighted by Crippen LogP contribution is 2.32. The predicted molar refractivity (Wildman–Crippen MR) is 98.5 cm³/mol. The van der Waals surface area contributed by atoms with E-state index in [9.17, 15) is 18.4 Å². The number of hydrogen-bond acceptors (Lipinski definition) is 4. The number of nitrogens with one attached hydrogen (secondary N) is 1. The van der Waals surface area contributed by atoms with Crippen LogP contribution < -0.4 is 10.1 Å². The molecule has 0 fully saturated rings. The maximum atomic E-state index is 12.9. The van der Waals surface area contributed by atoms with E-state index in [4.69, 9.17) is 4.74 Å². The molecule has 0 aromatic heterocycles. The third-order valence-corrected chi connectivity index (χ3v) is 4.79. The summed E-state index contributed by atoms with van der Waals surface area (Å²) in [5.74, 6) is -0.991. The van der Waals surface area contributed by atoms with Crippen LogP contribution in [0, 0.1) is 6.92 Å². The molecule has 1 aliphatic carbocycles. The van der Waals surface area contributed by atoms with Gasteiger partial charge in [-0.05, 0) is 48.7 Å². The van der Waals surface area contributed by atoms with E-state index in [-0.39, 0.29) is 17.9 Å². The minimum absolute atomic E-state index is 0.0302. The molecule has 148 valence electrons. The normalized spacial score (nSPS) is 14.5. The van der Waals surface area contributed by atoms with Crippen LogP contribution in [0.2, 0.25) is 0 Å². The summed E-state index contributed by atoms with van der Waals surface area (Å²) in [5.41, 5.74) is 1.51. The van der Waals surface area contributed by atoms with Crippen molar-refractivity contribution >= 4 is 11.9 Å². The highest BCUT2D eigenvalue weighted by atomic mass is 19.3. The van der Waals surface area contributed by atoms with Crippen LogP contribution in [-0.4, -0.2) is 30.6 Å². The second-order valence-corrected chi connectivity index (χ2v) is 6.73. The van der Waals surface area contributed by atoms with E-state index in [1.54, 1.807) is 13.8 Å². The summed E-state index contributed by atoms with van der Waals surface area (Å²) in [7, 11) is 0. The molecule has 0 heterocycles. The van der Waals surface area contributed by atoms with Gasteiger partial charge in [0.05, 0.1) is 6.61 Å². The lowest BCUT2D eigenvalue weighted by atomic mass is 9.94. The highest BCUT2D eigenvalue weighted by molar-refractivity contribution is 6.00. The summed E-state index contributed by atoms with van der Waals surface area (Å²) in [5, 5.41) is 2.84. The molecule has 0 unspecified atom stereocenters. The van der Waals surface area contributed by atoms with Crippen molar-refractivity contribution in [3.63, 3.8) is 0 Å².